The third-order valence-corrected chi connectivity index (χ3v) is 5.91. The van der Waals surface area contributed by atoms with E-state index >= 15 is 0 Å². The molecule has 0 bridgehead atoms. The molecule has 2 aromatic carbocycles. The molecule has 3 aromatic heterocycles. The lowest BCUT2D eigenvalue weighted by Crippen LogP contribution is -2.21. The van der Waals surface area contributed by atoms with Crippen LogP contribution in [0.15, 0.2) is 77.9 Å². The molecule has 8 nitrogen and oxygen atoms in total. The summed E-state index contributed by atoms with van der Waals surface area (Å²) in [7, 11) is 1.55. The van der Waals surface area contributed by atoms with Gasteiger partial charge in [0.05, 0.1) is 41.0 Å². The lowest BCUT2D eigenvalue weighted by Gasteiger charge is -2.09. The third-order valence-electron chi connectivity index (χ3n) is 5.91. The number of methoxy groups -OCH3 is 1. The van der Waals surface area contributed by atoms with Crippen molar-refractivity contribution in [1.29, 1.82) is 0 Å². The Morgan fingerprint density at radius 3 is 2.51 bits per heavy atom. The van der Waals surface area contributed by atoms with Gasteiger partial charge in [0.15, 0.2) is 0 Å². The number of aromatic nitrogens is 5. The van der Waals surface area contributed by atoms with E-state index in [9.17, 15) is 22.4 Å². The first kappa shape index (κ1) is 26.0. The van der Waals surface area contributed by atoms with E-state index in [4.69, 9.17) is 9.47 Å². The van der Waals surface area contributed by atoms with Crippen molar-refractivity contribution in [1.82, 2.24) is 24.3 Å². The minimum Gasteiger partial charge on any atom is -0.461 e. The molecule has 0 saturated heterocycles. The Kier molecular flexibility index (Phi) is 7.11. The van der Waals surface area contributed by atoms with Gasteiger partial charge in [0.2, 0.25) is 0 Å². The van der Waals surface area contributed by atoms with Gasteiger partial charge in [-0.25, -0.2) is 14.1 Å². The molecule has 0 atom stereocenters. The van der Waals surface area contributed by atoms with Crippen molar-refractivity contribution >= 4 is 10.9 Å². The topological polar surface area (TPSA) is 84.1 Å². The first-order chi connectivity index (χ1) is 18.7. The highest BCUT2D eigenvalue weighted by molar-refractivity contribution is 5.94. The second-order valence-electron chi connectivity index (χ2n) is 8.49. The maximum absolute atomic E-state index is 14.9. The van der Waals surface area contributed by atoms with Crippen LogP contribution in [-0.2, 0) is 17.5 Å². The Morgan fingerprint density at radius 2 is 1.79 bits per heavy atom. The number of alkyl halides is 3. The predicted molar refractivity (Wildman–Crippen MR) is 134 cm³/mol. The third kappa shape index (κ3) is 5.50. The Bertz CT molecular complexity index is 1680. The highest BCUT2D eigenvalue weighted by atomic mass is 19.4. The molecule has 0 amide bonds. The van der Waals surface area contributed by atoms with E-state index in [-0.39, 0.29) is 35.8 Å². The highest BCUT2D eigenvalue weighted by Crippen LogP contribution is 2.34. The molecule has 5 rings (SSSR count). The van der Waals surface area contributed by atoms with Gasteiger partial charge in [-0.3, -0.25) is 4.79 Å². The molecular formula is C27H21F4N5O3. The summed E-state index contributed by atoms with van der Waals surface area (Å²) in [6, 6.07) is 13.5. The number of fused-ring (bicyclic) bond motifs is 1. The molecule has 12 heteroatoms. The number of hydrogen-bond acceptors (Lipinski definition) is 6. The SMILES string of the molecule is COCCOc1nccc(Cn2ccc(-n3nc(-c4ccc(C(F)(F)F)cc4)c4c(F)cccc43)cc2=O)n1. The highest BCUT2D eigenvalue weighted by Gasteiger charge is 2.30. The number of nitrogens with zero attached hydrogens (tertiary/aromatic N) is 5. The van der Waals surface area contributed by atoms with Crippen molar-refractivity contribution in [3.63, 3.8) is 0 Å². The van der Waals surface area contributed by atoms with Gasteiger partial charge in [-0.2, -0.15) is 23.3 Å². The molecule has 200 valence electrons. The predicted octanol–water partition coefficient (Wildman–Crippen LogP) is 4.88. The Morgan fingerprint density at radius 1 is 1.00 bits per heavy atom. The zero-order valence-electron chi connectivity index (χ0n) is 20.5. The zero-order valence-corrected chi connectivity index (χ0v) is 20.5. The fraction of sp³-hybridized carbons (Fsp3) is 0.185. The summed E-state index contributed by atoms with van der Waals surface area (Å²) in [5.74, 6) is -0.589. The summed E-state index contributed by atoms with van der Waals surface area (Å²) >= 11 is 0. The van der Waals surface area contributed by atoms with Crippen LogP contribution in [0.3, 0.4) is 0 Å². The zero-order chi connectivity index (χ0) is 27.6. The fourth-order valence-electron chi connectivity index (χ4n) is 4.03. The van der Waals surface area contributed by atoms with E-state index in [1.54, 1.807) is 31.5 Å². The molecular weight excluding hydrogens is 518 g/mol. The molecule has 0 unspecified atom stereocenters. The van der Waals surface area contributed by atoms with Crippen LogP contribution in [0, 0.1) is 5.82 Å². The standard InChI is InChI=1S/C27H21F4N5O3/c1-38-13-14-39-26-32-11-9-19(33-26)16-35-12-10-20(15-23(35)37)36-22-4-2-3-21(28)24(22)25(34-36)17-5-7-18(8-6-17)27(29,30)31/h2-12,15H,13-14,16H2,1H3. The molecule has 0 aliphatic carbocycles. The molecule has 0 spiro atoms. The van der Waals surface area contributed by atoms with Crippen LogP contribution in [0.1, 0.15) is 11.3 Å². The number of rotatable bonds is 8. The number of pyridine rings is 1. The van der Waals surface area contributed by atoms with Crippen molar-refractivity contribution in [3.05, 3.63) is 100 Å². The average molecular weight is 539 g/mol. The van der Waals surface area contributed by atoms with Gasteiger partial charge in [0.1, 0.15) is 18.1 Å². The molecule has 0 radical (unpaired) electrons. The van der Waals surface area contributed by atoms with E-state index in [0.29, 0.717) is 29.1 Å². The van der Waals surface area contributed by atoms with E-state index in [1.165, 1.54) is 45.8 Å². The molecule has 0 N–H and O–H groups in total. The van der Waals surface area contributed by atoms with Crippen LogP contribution in [0.4, 0.5) is 17.6 Å². The van der Waals surface area contributed by atoms with Crippen molar-refractivity contribution in [2.24, 2.45) is 0 Å². The van der Waals surface area contributed by atoms with Gasteiger partial charge in [-0.05, 0) is 36.4 Å². The number of halogens is 4. The average Bonchev–Trinajstić information content (AvgIpc) is 3.31. The molecule has 3 heterocycles. The first-order valence-corrected chi connectivity index (χ1v) is 11.7. The monoisotopic (exact) mass is 539 g/mol. The smallest absolute Gasteiger partial charge is 0.416 e. The van der Waals surface area contributed by atoms with Gasteiger partial charge in [0, 0.05) is 31.1 Å². The number of ether oxygens (including phenoxy) is 2. The van der Waals surface area contributed by atoms with Gasteiger partial charge in [-0.1, -0.05) is 18.2 Å². The Hall–Kier alpha value is -4.58. The summed E-state index contributed by atoms with van der Waals surface area (Å²) in [6.45, 7) is 0.802. The molecule has 0 aliphatic heterocycles. The van der Waals surface area contributed by atoms with Crippen LogP contribution in [0.2, 0.25) is 0 Å². The van der Waals surface area contributed by atoms with Crippen LogP contribution in [0.25, 0.3) is 27.8 Å². The minimum absolute atomic E-state index is 0.128. The fourth-order valence-corrected chi connectivity index (χ4v) is 4.03. The maximum Gasteiger partial charge on any atom is 0.416 e. The number of benzene rings is 2. The minimum atomic E-state index is -4.50. The van der Waals surface area contributed by atoms with Crippen molar-refractivity contribution in [2.75, 3.05) is 20.3 Å². The van der Waals surface area contributed by atoms with Crippen LogP contribution >= 0.6 is 0 Å². The number of hydrogen-bond donors (Lipinski definition) is 0. The molecule has 0 saturated carbocycles. The second kappa shape index (κ2) is 10.7. The Labute approximate surface area is 219 Å². The van der Waals surface area contributed by atoms with Crippen molar-refractivity contribution < 1.29 is 27.0 Å². The van der Waals surface area contributed by atoms with E-state index in [2.05, 4.69) is 15.1 Å². The summed E-state index contributed by atoms with van der Waals surface area (Å²) < 4.78 is 67.2. The van der Waals surface area contributed by atoms with Gasteiger partial charge >= 0.3 is 12.2 Å². The van der Waals surface area contributed by atoms with Crippen molar-refractivity contribution in [3.8, 4) is 23.0 Å². The van der Waals surface area contributed by atoms with E-state index < -0.39 is 17.6 Å². The van der Waals surface area contributed by atoms with Gasteiger partial charge in [0.25, 0.3) is 5.56 Å². The summed E-state index contributed by atoms with van der Waals surface area (Å²) in [5, 5.41) is 4.61. The van der Waals surface area contributed by atoms with Crippen LogP contribution in [-0.4, -0.2) is 44.6 Å². The summed E-state index contributed by atoms with van der Waals surface area (Å²) in [4.78, 5) is 21.3. The summed E-state index contributed by atoms with van der Waals surface area (Å²) in [5.41, 5.74) is 0.524. The summed E-state index contributed by atoms with van der Waals surface area (Å²) in [6.07, 6.45) is -1.42. The second-order valence-corrected chi connectivity index (χ2v) is 8.49. The molecule has 39 heavy (non-hydrogen) atoms. The van der Waals surface area contributed by atoms with E-state index in [1.807, 2.05) is 0 Å². The van der Waals surface area contributed by atoms with E-state index in [0.717, 1.165) is 12.1 Å². The quantitative estimate of drug-likeness (QED) is 0.207. The molecule has 0 aliphatic rings. The Balaban J connectivity index is 1.48. The first-order valence-electron chi connectivity index (χ1n) is 11.7. The van der Waals surface area contributed by atoms with Gasteiger partial charge < -0.3 is 14.0 Å². The lowest BCUT2D eigenvalue weighted by molar-refractivity contribution is -0.137. The van der Waals surface area contributed by atoms with Crippen LogP contribution < -0.4 is 10.3 Å². The molecule has 5 aromatic rings. The largest absolute Gasteiger partial charge is 0.461 e. The van der Waals surface area contributed by atoms with Crippen molar-refractivity contribution in [2.45, 2.75) is 12.7 Å². The van der Waals surface area contributed by atoms with Gasteiger partial charge in [-0.15, -0.1) is 0 Å². The normalized spacial score (nSPS) is 11.7. The lowest BCUT2D eigenvalue weighted by atomic mass is 10.1. The van der Waals surface area contributed by atoms with Crippen LogP contribution in [0.5, 0.6) is 6.01 Å². The molecule has 0 fully saturated rings. The maximum atomic E-state index is 14.9.